The summed E-state index contributed by atoms with van der Waals surface area (Å²) in [7, 11) is 0. The van der Waals surface area contributed by atoms with Gasteiger partial charge in [0, 0.05) is 0 Å². The van der Waals surface area contributed by atoms with Gasteiger partial charge in [-0.2, -0.15) is 0 Å². The van der Waals surface area contributed by atoms with E-state index in [9.17, 15) is 9.59 Å². The van der Waals surface area contributed by atoms with E-state index in [-0.39, 0.29) is 12.6 Å². The van der Waals surface area contributed by atoms with E-state index >= 15 is 0 Å². The molecule has 112 valence electrons. The van der Waals surface area contributed by atoms with Gasteiger partial charge in [0.25, 0.3) is 0 Å². The molecule has 0 saturated carbocycles. The number of alkyl carbamates (subject to hydrolysis) is 1. The largest absolute Gasteiger partial charge is 0.458 e. The van der Waals surface area contributed by atoms with Gasteiger partial charge < -0.3 is 14.8 Å². The monoisotopic (exact) mass is 297 g/mol. The average molecular weight is 297 g/mol. The Balaban J connectivity index is 1.59. The highest BCUT2D eigenvalue weighted by Gasteiger charge is 2.25. The number of esters is 1. The van der Waals surface area contributed by atoms with Crippen molar-refractivity contribution >= 4 is 22.8 Å². The van der Waals surface area contributed by atoms with Gasteiger partial charge >= 0.3 is 12.1 Å². The van der Waals surface area contributed by atoms with Crippen LogP contribution >= 0.6 is 0 Å². The minimum absolute atomic E-state index is 0.0699. The van der Waals surface area contributed by atoms with Crippen LogP contribution in [0.15, 0.2) is 30.3 Å². The fourth-order valence-electron chi connectivity index (χ4n) is 3.20. The van der Waals surface area contributed by atoms with Crippen LogP contribution in [0.3, 0.4) is 0 Å². The molecule has 1 N–H and O–H groups in total. The number of amides is 1. The zero-order chi connectivity index (χ0) is 15.1. The fourth-order valence-corrected chi connectivity index (χ4v) is 3.20. The Kier molecular flexibility index (Phi) is 2.99. The maximum atomic E-state index is 12.4. The molecule has 0 aromatic heterocycles. The van der Waals surface area contributed by atoms with Gasteiger partial charge in [0.1, 0.15) is 6.61 Å². The summed E-state index contributed by atoms with van der Waals surface area (Å²) in [6.45, 7) is 0.441. The number of cyclic esters (lactones) is 1. The maximum Gasteiger partial charge on any atom is 0.407 e. The van der Waals surface area contributed by atoms with Crippen LogP contribution in [0.25, 0.3) is 10.8 Å². The van der Waals surface area contributed by atoms with Gasteiger partial charge in [-0.05, 0) is 40.8 Å². The van der Waals surface area contributed by atoms with E-state index < -0.39 is 12.2 Å². The quantitative estimate of drug-likeness (QED) is 0.882. The molecule has 1 amide bonds. The van der Waals surface area contributed by atoms with Crippen molar-refractivity contribution in [1.29, 1.82) is 0 Å². The second kappa shape index (κ2) is 5.02. The Morgan fingerprint density at radius 1 is 1.23 bits per heavy atom. The molecule has 2 aromatic carbocycles. The molecular formula is C17H15NO4. The smallest absolute Gasteiger partial charge is 0.407 e. The highest BCUT2D eigenvalue weighted by Crippen LogP contribution is 2.33. The second-order valence-corrected chi connectivity index (χ2v) is 5.62. The van der Waals surface area contributed by atoms with Crippen molar-refractivity contribution < 1.29 is 19.1 Å². The topological polar surface area (TPSA) is 64.6 Å². The van der Waals surface area contributed by atoms with Crippen LogP contribution in [-0.2, 0) is 22.3 Å². The van der Waals surface area contributed by atoms with Gasteiger partial charge in [-0.15, -0.1) is 0 Å². The van der Waals surface area contributed by atoms with E-state index in [0.717, 1.165) is 18.2 Å². The molecule has 1 unspecified atom stereocenters. The van der Waals surface area contributed by atoms with E-state index in [1.807, 2.05) is 24.3 Å². The van der Waals surface area contributed by atoms with Crippen LogP contribution in [0.4, 0.5) is 4.79 Å². The van der Waals surface area contributed by atoms with Crippen molar-refractivity contribution in [2.45, 2.75) is 18.9 Å². The van der Waals surface area contributed by atoms with E-state index in [0.29, 0.717) is 12.1 Å². The molecule has 0 bridgehead atoms. The summed E-state index contributed by atoms with van der Waals surface area (Å²) in [5.41, 5.74) is 3.15. The lowest BCUT2D eigenvalue weighted by atomic mass is 10.00. The van der Waals surface area contributed by atoms with Crippen molar-refractivity contribution in [1.82, 2.24) is 5.32 Å². The molecule has 1 aliphatic carbocycles. The van der Waals surface area contributed by atoms with Crippen molar-refractivity contribution in [3.8, 4) is 0 Å². The molecule has 1 saturated heterocycles. The summed E-state index contributed by atoms with van der Waals surface area (Å²) in [5, 5.41) is 4.66. The summed E-state index contributed by atoms with van der Waals surface area (Å²) >= 11 is 0. The van der Waals surface area contributed by atoms with Crippen LogP contribution in [-0.4, -0.2) is 31.3 Å². The van der Waals surface area contributed by atoms with Gasteiger partial charge in [-0.25, -0.2) is 9.59 Å². The first-order valence-corrected chi connectivity index (χ1v) is 7.37. The van der Waals surface area contributed by atoms with E-state index in [1.165, 1.54) is 16.5 Å². The molecule has 5 nitrogen and oxygen atoms in total. The first-order chi connectivity index (χ1) is 10.7. The summed E-state index contributed by atoms with van der Waals surface area (Å²) in [5.74, 6) is -0.376. The number of hydrogen-bond donors (Lipinski definition) is 1. The number of hydrogen-bond acceptors (Lipinski definition) is 4. The molecule has 4 rings (SSSR count). The third-order valence-electron chi connectivity index (χ3n) is 4.24. The number of nitrogens with one attached hydrogen (secondary N) is 1. The third-order valence-corrected chi connectivity index (χ3v) is 4.24. The minimum Gasteiger partial charge on any atom is -0.458 e. The molecule has 2 aliphatic rings. The number of aryl methyl sites for hydroxylation is 2. The molecular weight excluding hydrogens is 282 g/mol. The van der Waals surface area contributed by atoms with E-state index in [4.69, 9.17) is 9.47 Å². The molecule has 1 heterocycles. The SMILES string of the molecule is O=C1NCC(COC(=O)c2ccc3c4c(cccc24)CC3)O1. The minimum atomic E-state index is -0.466. The summed E-state index contributed by atoms with van der Waals surface area (Å²) in [6.07, 6.45) is 1.17. The zero-order valence-electron chi connectivity index (χ0n) is 11.9. The zero-order valence-corrected chi connectivity index (χ0v) is 11.9. The predicted octanol–water partition coefficient (Wildman–Crippen LogP) is 2.20. The summed E-state index contributed by atoms with van der Waals surface area (Å²) in [4.78, 5) is 23.3. The maximum absolute atomic E-state index is 12.4. The normalized spacial score (nSPS) is 19.1. The van der Waals surface area contributed by atoms with Crippen LogP contribution < -0.4 is 5.32 Å². The second-order valence-electron chi connectivity index (χ2n) is 5.62. The number of carbonyl (C=O) groups is 2. The number of carbonyl (C=O) groups excluding carboxylic acids is 2. The molecule has 22 heavy (non-hydrogen) atoms. The fraction of sp³-hybridized carbons (Fsp3) is 0.294. The molecule has 5 heteroatoms. The predicted molar refractivity (Wildman–Crippen MR) is 79.9 cm³/mol. The lowest BCUT2D eigenvalue weighted by molar-refractivity contribution is 0.0302. The molecule has 0 radical (unpaired) electrons. The van der Waals surface area contributed by atoms with Gasteiger partial charge in [0.2, 0.25) is 0 Å². The highest BCUT2D eigenvalue weighted by molar-refractivity contribution is 6.07. The average Bonchev–Trinajstić information content (AvgIpc) is 3.13. The van der Waals surface area contributed by atoms with Crippen molar-refractivity contribution in [3.63, 3.8) is 0 Å². The van der Waals surface area contributed by atoms with Crippen LogP contribution in [0.5, 0.6) is 0 Å². The van der Waals surface area contributed by atoms with Gasteiger partial charge in [0.15, 0.2) is 6.10 Å². The Morgan fingerprint density at radius 2 is 2.05 bits per heavy atom. The third kappa shape index (κ3) is 2.09. The van der Waals surface area contributed by atoms with Crippen LogP contribution in [0, 0.1) is 0 Å². The van der Waals surface area contributed by atoms with Crippen molar-refractivity contribution in [2.24, 2.45) is 0 Å². The lowest BCUT2D eigenvalue weighted by Crippen LogP contribution is -2.22. The summed E-state index contributed by atoms with van der Waals surface area (Å²) < 4.78 is 10.3. The molecule has 0 spiro atoms. The first kappa shape index (κ1) is 13.1. The number of benzene rings is 2. The van der Waals surface area contributed by atoms with E-state index in [2.05, 4.69) is 11.4 Å². The Bertz CT molecular complexity index is 773. The highest BCUT2D eigenvalue weighted by atomic mass is 16.6. The van der Waals surface area contributed by atoms with Crippen LogP contribution in [0.1, 0.15) is 21.5 Å². The molecule has 1 atom stereocenters. The summed E-state index contributed by atoms with van der Waals surface area (Å²) in [6, 6.07) is 9.88. The van der Waals surface area contributed by atoms with Gasteiger partial charge in [-0.3, -0.25) is 0 Å². The molecule has 1 fully saturated rings. The molecule has 1 aliphatic heterocycles. The van der Waals surface area contributed by atoms with Crippen LogP contribution in [0.2, 0.25) is 0 Å². The van der Waals surface area contributed by atoms with Gasteiger partial charge in [-0.1, -0.05) is 24.3 Å². The standard InChI is InChI=1S/C17H15NO4/c19-16(21-9-12-8-18-17(20)22-12)14-7-6-11-5-4-10-2-1-3-13(14)15(10)11/h1-3,6-7,12H,4-5,8-9H2,(H,18,20). The van der Waals surface area contributed by atoms with Crippen molar-refractivity contribution in [3.05, 3.63) is 47.0 Å². The van der Waals surface area contributed by atoms with Gasteiger partial charge in [0.05, 0.1) is 12.1 Å². The number of ether oxygens (including phenoxy) is 2. The first-order valence-electron chi connectivity index (χ1n) is 7.37. The Labute approximate surface area is 127 Å². The Morgan fingerprint density at radius 3 is 2.82 bits per heavy atom. The van der Waals surface area contributed by atoms with E-state index in [1.54, 1.807) is 0 Å². The Hall–Kier alpha value is -2.56. The molecule has 2 aromatic rings. The lowest BCUT2D eigenvalue weighted by Gasteiger charge is -2.11. The van der Waals surface area contributed by atoms with Crippen molar-refractivity contribution in [2.75, 3.05) is 13.2 Å². The number of rotatable bonds is 3.